The quantitative estimate of drug-likeness (QED) is 0.685. The normalized spacial score (nSPS) is 22.3. The van der Waals surface area contributed by atoms with Crippen molar-refractivity contribution in [3.63, 3.8) is 0 Å². The van der Waals surface area contributed by atoms with Crippen LogP contribution in [0.5, 0.6) is 5.75 Å². The van der Waals surface area contributed by atoms with E-state index in [0.29, 0.717) is 17.7 Å². The van der Waals surface area contributed by atoms with Gasteiger partial charge in [-0.1, -0.05) is 42.5 Å². The molecule has 0 radical (unpaired) electrons. The number of hydrogen-bond donors (Lipinski definition) is 0. The number of likely N-dealkylation sites (tertiary alicyclic amines) is 2. The van der Waals surface area contributed by atoms with E-state index in [1.54, 1.807) is 12.1 Å². The molecule has 4 rings (SSSR count). The molecule has 2 fully saturated rings. The van der Waals surface area contributed by atoms with Gasteiger partial charge >= 0.3 is 0 Å². The molecule has 0 aromatic heterocycles. The van der Waals surface area contributed by atoms with E-state index in [2.05, 4.69) is 17.0 Å². The van der Waals surface area contributed by atoms with Gasteiger partial charge in [0.05, 0.1) is 0 Å². The van der Waals surface area contributed by atoms with E-state index < -0.39 is 0 Å². The summed E-state index contributed by atoms with van der Waals surface area (Å²) >= 11 is 0. The van der Waals surface area contributed by atoms with Crippen LogP contribution in [0.4, 0.5) is 0 Å². The molecule has 1 atom stereocenters. The molecule has 5 heteroatoms. The maximum absolute atomic E-state index is 12.2. The molecule has 2 aliphatic rings. The molecule has 2 aromatic carbocycles. The summed E-state index contributed by atoms with van der Waals surface area (Å²) in [6.07, 6.45) is 4.08. The van der Waals surface area contributed by atoms with Gasteiger partial charge in [-0.2, -0.15) is 0 Å². The molecule has 2 heterocycles. The summed E-state index contributed by atoms with van der Waals surface area (Å²) in [6.45, 7) is 3.98. The minimum absolute atomic E-state index is 0.0192. The molecule has 1 amide bonds. The smallest absolute Gasteiger partial charge is 0.222 e. The third-order valence-electron chi connectivity index (χ3n) is 6.40. The van der Waals surface area contributed by atoms with E-state index in [9.17, 15) is 9.59 Å². The Balaban J connectivity index is 1.30. The number of ketones is 1. The summed E-state index contributed by atoms with van der Waals surface area (Å²) in [6, 6.07) is 17.3. The summed E-state index contributed by atoms with van der Waals surface area (Å²) < 4.78 is 5.68. The number of ether oxygens (including phenoxy) is 1. The van der Waals surface area contributed by atoms with Crippen molar-refractivity contribution in [2.75, 3.05) is 33.3 Å². The summed E-state index contributed by atoms with van der Waals surface area (Å²) in [7, 11) is 1.93. The van der Waals surface area contributed by atoms with Gasteiger partial charge in [0.25, 0.3) is 0 Å². The van der Waals surface area contributed by atoms with Crippen LogP contribution in [-0.4, -0.2) is 54.8 Å². The highest BCUT2D eigenvalue weighted by Gasteiger charge is 2.40. The number of carbonyl (C=O) groups excluding carboxylic acids is 2. The number of amides is 1. The maximum atomic E-state index is 12.2. The largest absolute Gasteiger partial charge is 0.485 e. The van der Waals surface area contributed by atoms with Gasteiger partial charge in [0.2, 0.25) is 5.91 Å². The van der Waals surface area contributed by atoms with Crippen LogP contribution in [0.1, 0.15) is 41.6 Å². The number of piperidine rings is 2. The SMILES string of the molecule is CN1C[C@]2(CCCN(Cc3ccc(OCC(=O)c4ccccc4)cc3)C2)CCC1=O. The highest BCUT2D eigenvalue weighted by Crippen LogP contribution is 2.38. The van der Waals surface area contributed by atoms with Crippen LogP contribution in [0.3, 0.4) is 0 Å². The van der Waals surface area contributed by atoms with Gasteiger partial charge in [0.15, 0.2) is 12.4 Å². The van der Waals surface area contributed by atoms with E-state index in [1.165, 1.54) is 18.4 Å². The number of benzene rings is 2. The third-order valence-corrected chi connectivity index (χ3v) is 6.40. The zero-order chi connectivity index (χ0) is 21.0. The Bertz CT molecular complexity index is 881. The zero-order valence-electron chi connectivity index (χ0n) is 17.7. The first-order chi connectivity index (χ1) is 14.5. The molecule has 0 saturated carbocycles. The fourth-order valence-electron chi connectivity index (χ4n) is 4.82. The van der Waals surface area contributed by atoms with E-state index in [1.807, 2.05) is 42.3 Å². The molecule has 0 aliphatic carbocycles. The Morgan fingerprint density at radius 3 is 2.53 bits per heavy atom. The molecular formula is C25H30N2O3. The van der Waals surface area contributed by atoms with Gasteiger partial charge in [-0.3, -0.25) is 14.5 Å². The van der Waals surface area contributed by atoms with Crippen molar-refractivity contribution in [2.45, 2.75) is 32.2 Å². The first-order valence-electron chi connectivity index (χ1n) is 10.8. The number of Topliss-reactive ketones (excluding diaryl/α,β-unsaturated/α-hetero) is 1. The Kier molecular flexibility index (Phi) is 6.18. The van der Waals surface area contributed by atoms with Gasteiger partial charge in [0.1, 0.15) is 5.75 Å². The molecule has 0 N–H and O–H groups in total. The molecular weight excluding hydrogens is 376 g/mol. The summed E-state index contributed by atoms with van der Waals surface area (Å²) in [5, 5.41) is 0. The first-order valence-corrected chi connectivity index (χ1v) is 10.8. The lowest BCUT2D eigenvalue weighted by Gasteiger charge is -2.47. The van der Waals surface area contributed by atoms with Crippen LogP contribution in [0.2, 0.25) is 0 Å². The van der Waals surface area contributed by atoms with Crippen molar-refractivity contribution in [3.05, 3.63) is 65.7 Å². The molecule has 0 bridgehead atoms. The summed E-state index contributed by atoms with van der Waals surface area (Å²) in [4.78, 5) is 28.5. The number of rotatable bonds is 6. The minimum atomic E-state index is -0.0192. The van der Waals surface area contributed by atoms with Crippen LogP contribution < -0.4 is 4.74 Å². The average Bonchev–Trinajstić information content (AvgIpc) is 2.77. The van der Waals surface area contributed by atoms with Crippen LogP contribution in [0.25, 0.3) is 0 Å². The highest BCUT2D eigenvalue weighted by molar-refractivity contribution is 5.97. The topological polar surface area (TPSA) is 49.9 Å². The molecule has 1 spiro atoms. The fraction of sp³-hybridized carbons (Fsp3) is 0.440. The Hall–Kier alpha value is -2.66. The monoisotopic (exact) mass is 406 g/mol. The predicted octanol–water partition coefficient (Wildman–Crippen LogP) is 3.78. The average molecular weight is 407 g/mol. The standard InChI is InChI=1S/C25H30N2O3/c1-26-18-25(14-12-24(26)29)13-5-15-27(19-25)16-20-8-10-22(11-9-20)30-17-23(28)21-6-3-2-4-7-21/h2-4,6-11H,5,12-19H2,1H3/t25-/m0/s1. The van der Waals surface area contributed by atoms with Crippen LogP contribution in [0, 0.1) is 5.41 Å². The van der Waals surface area contributed by atoms with Crippen LogP contribution >= 0.6 is 0 Å². The van der Waals surface area contributed by atoms with Gasteiger partial charge < -0.3 is 9.64 Å². The molecule has 0 unspecified atom stereocenters. The third kappa shape index (κ3) is 4.90. The summed E-state index contributed by atoms with van der Waals surface area (Å²) in [5.41, 5.74) is 2.17. The van der Waals surface area contributed by atoms with Crippen LogP contribution in [0.15, 0.2) is 54.6 Å². The number of carbonyl (C=O) groups is 2. The molecule has 30 heavy (non-hydrogen) atoms. The zero-order valence-corrected chi connectivity index (χ0v) is 17.7. The summed E-state index contributed by atoms with van der Waals surface area (Å²) in [5.74, 6) is 0.971. The highest BCUT2D eigenvalue weighted by atomic mass is 16.5. The van der Waals surface area contributed by atoms with E-state index in [4.69, 9.17) is 4.74 Å². The maximum Gasteiger partial charge on any atom is 0.222 e. The second-order valence-corrected chi connectivity index (χ2v) is 8.79. The fourth-order valence-corrected chi connectivity index (χ4v) is 4.82. The molecule has 158 valence electrons. The van der Waals surface area contributed by atoms with E-state index >= 15 is 0 Å². The Morgan fingerprint density at radius 2 is 1.80 bits per heavy atom. The lowest BCUT2D eigenvalue weighted by molar-refractivity contribution is -0.137. The lowest BCUT2D eigenvalue weighted by atomic mass is 9.73. The van der Waals surface area contributed by atoms with Crippen molar-refractivity contribution in [1.82, 2.24) is 9.80 Å². The van der Waals surface area contributed by atoms with Gasteiger partial charge in [0, 0.05) is 44.1 Å². The number of nitrogens with zero attached hydrogens (tertiary/aromatic N) is 2. The lowest BCUT2D eigenvalue weighted by Crippen LogP contribution is -2.52. The molecule has 2 saturated heterocycles. The second kappa shape index (κ2) is 9.00. The van der Waals surface area contributed by atoms with Gasteiger partial charge in [-0.25, -0.2) is 0 Å². The van der Waals surface area contributed by atoms with E-state index in [-0.39, 0.29) is 23.7 Å². The van der Waals surface area contributed by atoms with Crippen molar-refractivity contribution < 1.29 is 14.3 Å². The number of hydrogen-bond acceptors (Lipinski definition) is 4. The minimum Gasteiger partial charge on any atom is -0.485 e. The van der Waals surface area contributed by atoms with Crippen LogP contribution in [-0.2, 0) is 11.3 Å². The van der Waals surface area contributed by atoms with Gasteiger partial charge in [-0.05, 0) is 43.5 Å². The van der Waals surface area contributed by atoms with E-state index in [0.717, 1.165) is 32.6 Å². The molecule has 2 aromatic rings. The molecule has 2 aliphatic heterocycles. The second-order valence-electron chi connectivity index (χ2n) is 8.79. The molecule has 5 nitrogen and oxygen atoms in total. The van der Waals surface area contributed by atoms with Crippen molar-refractivity contribution >= 4 is 11.7 Å². The van der Waals surface area contributed by atoms with Crippen molar-refractivity contribution in [2.24, 2.45) is 5.41 Å². The predicted molar refractivity (Wildman–Crippen MR) is 117 cm³/mol. The van der Waals surface area contributed by atoms with Crippen molar-refractivity contribution in [3.8, 4) is 5.75 Å². The Morgan fingerprint density at radius 1 is 1.03 bits per heavy atom. The van der Waals surface area contributed by atoms with Crippen molar-refractivity contribution in [1.29, 1.82) is 0 Å². The Labute approximate surface area is 178 Å². The van der Waals surface area contributed by atoms with Gasteiger partial charge in [-0.15, -0.1) is 0 Å². The first kappa shape index (κ1) is 20.6.